The molecule has 0 saturated heterocycles. The van der Waals surface area contributed by atoms with Crippen LogP contribution >= 0.6 is 11.8 Å². The Bertz CT molecular complexity index is 807. The summed E-state index contributed by atoms with van der Waals surface area (Å²) in [4.78, 5) is 22.0. The zero-order valence-corrected chi connectivity index (χ0v) is 15.6. The van der Waals surface area contributed by atoms with Crippen molar-refractivity contribution in [3.05, 3.63) is 45.4 Å². The quantitative estimate of drug-likeness (QED) is 0.630. The molecule has 2 aromatic rings. The maximum absolute atomic E-state index is 12.3. The largest absolute Gasteiger partial charge is 0.493 e. The van der Waals surface area contributed by atoms with E-state index in [1.807, 2.05) is 31.4 Å². The van der Waals surface area contributed by atoms with E-state index < -0.39 is 0 Å². The number of fused-ring (bicyclic) bond motifs is 1. The number of aromatic amines is 1. The van der Waals surface area contributed by atoms with Gasteiger partial charge in [-0.1, -0.05) is 23.9 Å². The fraction of sp³-hybridized carbons (Fsp3) is 0.444. The molecule has 0 atom stereocenters. The van der Waals surface area contributed by atoms with Crippen molar-refractivity contribution in [2.45, 2.75) is 31.6 Å². The van der Waals surface area contributed by atoms with E-state index in [0.717, 1.165) is 41.3 Å². The van der Waals surface area contributed by atoms with E-state index in [2.05, 4.69) is 14.9 Å². The van der Waals surface area contributed by atoms with Gasteiger partial charge in [0.05, 0.1) is 25.0 Å². The predicted molar refractivity (Wildman–Crippen MR) is 98.6 cm³/mol. The molecule has 1 aromatic heterocycles. The number of aromatic nitrogens is 2. The van der Waals surface area contributed by atoms with E-state index in [9.17, 15) is 4.79 Å². The van der Waals surface area contributed by atoms with Gasteiger partial charge >= 0.3 is 0 Å². The summed E-state index contributed by atoms with van der Waals surface area (Å²) in [6.45, 7) is 4.70. The summed E-state index contributed by atoms with van der Waals surface area (Å²) in [5.74, 6) is 1.52. The fourth-order valence-corrected chi connectivity index (χ4v) is 3.48. The molecule has 3 rings (SSSR count). The summed E-state index contributed by atoms with van der Waals surface area (Å²) in [6, 6.07) is 5.91. The number of hydrogen-bond acceptors (Lipinski definition) is 6. The summed E-state index contributed by atoms with van der Waals surface area (Å²) in [5, 5.41) is 0.684. The minimum Gasteiger partial charge on any atom is -0.493 e. The Hall–Kier alpha value is -1.99. The molecule has 0 radical (unpaired) electrons. The zero-order chi connectivity index (χ0) is 17.8. The number of hydrogen-bond donors (Lipinski definition) is 1. The molecule has 1 aliphatic rings. The van der Waals surface area contributed by atoms with Gasteiger partial charge in [0.2, 0.25) is 0 Å². The van der Waals surface area contributed by atoms with E-state index in [-0.39, 0.29) is 5.56 Å². The second-order valence-electron chi connectivity index (χ2n) is 5.84. The molecule has 1 aliphatic heterocycles. The molecule has 0 aliphatic carbocycles. The lowest BCUT2D eigenvalue weighted by Gasteiger charge is -2.28. The third kappa shape index (κ3) is 3.82. The van der Waals surface area contributed by atoms with E-state index >= 15 is 0 Å². The lowest BCUT2D eigenvalue weighted by molar-refractivity contribution is 0.233. The van der Waals surface area contributed by atoms with Gasteiger partial charge in [0, 0.05) is 31.6 Å². The molecule has 0 spiro atoms. The van der Waals surface area contributed by atoms with Crippen LogP contribution in [-0.4, -0.2) is 41.4 Å². The highest BCUT2D eigenvalue weighted by molar-refractivity contribution is 7.98. The number of rotatable bonds is 6. The average Bonchev–Trinajstić information content (AvgIpc) is 2.63. The molecular weight excluding hydrogens is 338 g/mol. The minimum atomic E-state index is -0.0327. The number of nitrogens with one attached hydrogen (secondary N) is 1. The van der Waals surface area contributed by atoms with E-state index in [0.29, 0.717) is 24.9 Å². The number of nitrogens with zero attached hydrogens (tertiary/aromatic N) is 2. The van der Waals surface area contributed by atoms with Crippen LogP contribution in [0.3, 0.4) is 0 Å². The van der Waals surface area contributed by atoms with Crippen LogP contribution in [-0.2, 0) is 19.5 Å². The van der Waals surface area contributed by atoms with Crippen molar-refractivity contribution >= 4 is 11.8 Å². The Morgan fingerprint density at radius 2 is 2.24 bits per heavy atom. The van der Waals surface area contributed by atoms with Crippen LogP contribution in [0.4, 0.5) is 0 Å². The maximum Gasteiger partial charge on any atom is 0.256 e. The predicted octanol–water partition coefficient (Wildman–Crippen LogP) is 2.46. The number of ether oxygens (including phenoxy) is 2. The monoisotopic (exact) mass is 361 g/mol. The molecule has 0 saturated carbocycles. The highest BCUT2D eigenvalue weighted by Gasteiger charge is 2.22. The second kappa shape index (κ2) is 7.93. The Balaban J connectivity index is 1.83. The molecule has 1 N–H and O–H groups in total. The van der Waals surface area contributed by atoms with Crippen LogP contribution < -0.4 is 15.0 Å². The van der Waals surface area contributed by atoms with Gasteiger partial charge in [0.25, 0.3) is 5.56 Å². The van der Waals surface area contributed by atoms with Gasteiger partial charge in [-0.3, -0.25) is 9.69 Å². The molecule has 6 nitrogen and oxygen atoms in total. The van der Waals surface area contributed by atoms with Crippen LogP contribution in [0.25, 0.3) is 0 Å². The minimum absolute atomic E-state index is 0.0327. The first kappa shape index (κ1) is 17.8. The smallest absolute Gasteiger partial charge is 0.256 e. The van der Waals surface area contributed by atoms with Crippen LogP contribution in [0.1, 0.15) is 23.7 Å². The van der Waals surface area contributed by atoms with Crippen LogP contribution in [0.2, 0.25) is 0 Å². The number of thioether (sulfide) groups is 1. The van der Waals surface area contributed by atoms with E-state index in [1.165, 1.54) is 11.8 Å². The fourth-order valence-electron chi connectivity index (χ4n) is 3.09. The third-order valence-electron chi connectivity index (χ3n) is 4.28. The third-order valence-corrected chi connectivity index (χ3v) is 4.86. The topological polar surface area (TPSA) is 67.5 Å². The second-order valence-corrected chi connectivity index (χ2v) is 6.64. The standard InChI is InChI=1S/C18H23N3O3S/c1-4-24-16-12(6-5-7-15(16)23-2)10-21-9-8-14-13(11-21)17(22)20-18(19-14)25-3/h5-7H,4,8-11H2,1-3H3,(H,19,20,22). The molecule has 1 aromatic carbocycles. The number of H-pyrrole nitrogens is 1. The first-order valence-electron chi connectivity index (χ1n) is 8.33. The Morgan fingerprint density at radius 3 is 2.96 bits per heavy atom. The summed E-state index contributed by atoms with van der Waals surface area (Å²) >= 11 is 1.46. The van der Waals surface area contributed by atoms with Crippen molar-refractivity contribution in [3.63, 3.8) is 0 Å². The van der Waals surface area contributed by atoms with Crippen molar-refractivity contribution < 1.29 is 9.47 Å². The van der Waals surface area contributed by atoms with Gasteiger partial charge in [-0.15, -0.1) is 0 Å². The van der Waals surface area contributed by atoms with Crippen molar-refractivity contribution in [1.82, 2.24) is 14.9 Å². The van der Waals surface area contributed by atoms with Gasteiger partial charge in [-0.05, 0) is 19.2 Å². The summed E-state index contributed by atoms with van der Waals surface area (Å²) < 4.78 is 11.2. The van der Waals surface area contributed by atoms with Gasteiger partial charge in [-0.2, -0.15) is 0 Å². The Kier molecular flexibility index (Phi) is 5.65. The number of para-hydroxylation sites is 1. The maximum atomic E-state index is 12.3. The van der Waals surface area contributed by atoms with Crippen LogP contribution in [0, 0.1) is 0 Å². The van der Waals surface area contributed by atoms with Gasteiger partial charge in [0.1, 0.15) is 0 Å². The lowest BCUT2D eigenvalue weighted by Crippen LogP contribution is -2.35. The van der Waals surface area contributed by atoms with Crippen molar-refractivity contribution in [1.29, 1.82) is 0 Å². The highest BCUT2D eigenvalue weighted by Crippen LogP contribution is 2.32. The summed E-state index contributed by atoms with van der Waals surface area (Å²) in [6.07, 6.45) is 2.69. The molecule has 0 unspecified atom stereocenters. The first-order chi connectivity index (χ1) is 12.2. The van der Waals surface area contributed by atoms with Gasteiger partial charge < -0.3 is 14.5 Å². The lowest BCUT2D eigenvalue weighted by atomic mass is 10.1. The summed E-state index contributed by atoms with van der Waals surface area (Å²) in [5.41, 5.74) is 2.72. The molecule has 134 valence electrons. The average molecular weight is 361 g/mol. The van der Waals surface area contributed by atoms with Crippen molar-refractivity contribution in [3.8, 4) is 11.5 Å². The molecule has 2 heterocycles. The SMILES string of the molecule is CCOc1c(CN2CCc3nc(SC)[nH]c(=O)c3C2)cccc1OC. The zero-order valence-electron chi connectivity index (χ0n) is 14.8. The normalized spacial score (nSPS) is 14.2. The Morgan fingerprint density at radius 1 is 1.40 bits per heavy atom. The highest BCUT2D eigenvalue weighted by atomic mass is 32.2. The number of benzene rings is 1. The van der Waals surface area contributed by atoms with Crippen LogP contribution in [0.15, 0.2) is 28.2 Å². The first-order valence-corrected chi connectivity index (χ1v) is 9.55. The van der Waals surface area contributed by atoms with E-state index in [1.54, 1.807) is 7.11 Å². The molecule has 0 bridgehead atoms. The van der Waals surface area contributed by atoms with Crippen molar-refractivity contribution in [2.24, 2.45) is 0 Å². The molecule has 0 fully saturated rings. The Labute approximate surface area is 151 Å². The van der Waals surface area contributed by atoms with E-state index in [4.69, 9.17) is 9.47 Å². The van der Waals surface area contributed by atoms with Gasteiger partial charge in [0.15, 0.2) is 16.7 Å². The molecular formula is C18H23N3O3S. The molecule has 7 heteroatoms. The molecule has 0 amide bonds. The summed E-state index contributed by atoms with van der Waals surface area (Å²) in [7, 11) is 1.65. The molecule has 25 heavy (non-hydrogen) atoms. The number of methoxy groups -OCH3 is 1. The van der Waals surface area contributed by atoms with Gasteiger partial charge in [-0.25, -0.2) is 4.98 Å². The van der Waals surface area contributed by atoms with Crippen molar-refractivity contribution in [2.75, 3.05) is 26.5 Å². The van der Waals surface area contributed by atoms with Crippen LogP contribution in [0.5, 0.6) is 11.5 Å².